The Labute approximate surface area is 168 Å². The van der Waals surface area contributed by atoms with Gasteiger partial charge in [0.1, 0.15) is 0 Å². The minimum atomic E-state index is -3.62. The van der Waals surface area contributed by atoms with Gasteiger partial charge in [0.15, 0.2) is 0 Å². The molecule has 0 aliphatic carbocycles. The number of fused-ring (bicyclic) bond motifs is 2. The maximum absolute atomic E-state index is 12.2. The molecule has 0 bridgehead atoms. The molecule has 0 fully saturated rings. The van der Waals surface area contributed by atoms with Crippen molar-refractivity contribution >= 4 is 45.2 Å². The number of esters is 1. The van der Waals surface area contributed by atoms with Crippen LogP contribution in [0.5, 0.6) is 11.5 Å². The molecule has 2 heterocycles. The van der Waals surface area contributed by atoms with Gasteiger partial charge in [0.2, 0.25) is 0 Å². The molecule has 144 valence electrons. The summed E-state index contributed by atoms with van der Waals surface area (Å²) in [6.07, 6.45) is 0.670. The summed E-state index contributed by atoms with van der Waals surface area (Å²) in [7, 11) is -2.20. The first-order chi connectivity index (χ1) is 14.1. The van der Waals surface area contributed by atoms with Crippen molar-refractivity contribution in [2.45, 2.75) is 6.42 Å². The van der Waals surface area contributed by atoms with Gasteiger partial charge in [0.05, 0.1) is 0 Å². The zero-order chi connectivity index (χ0) is 19.7. The van der Waals surface area contributed by atoms with Gasteiger partial charge in [-0.15, -0.1) is 0 Å². The SMILES string of the molecule is COC(=O)CCP12(Oc3cccc4cccc1c34)Oc1cccc3cccc2c13. The van der Waals surface area contributed by atoms with Crippen LogP contribution in [0.25, 0.3) is 21.5 Å². The zero-order valence-electron chi connectivity index (χ0n) is 15.9. The quantitative estimate of drug-likeness (QED) is 0.369. The van der Waals surface area contributed by atoms with Crippen molar-refractivity contribution in [3.8, 4) is 11.5 Å². The molecular weight excluding hydrogens is 383 g/mol. The van der Waals surface area contributed by atoms with Crippen LogP contribution in [0.2, 0.25) is 0 Å². The summed E-state index contributed by atoms with van der Waals surface area (Å²) in [6.45, 7) is 0. The molecule has 29 heavy (non-hydrogen) atoms. The van der Waals surface area contributed by atoms with Crippen LogP contribution in [-0.4, -0.2) is 19.2 Å². The van der Waals surface area contributed by atoms with E-state index in [2.05, 4.69) is 48.5 Å². The molecule has 2 aliphatic rings. The molecule has 6 rings (SSSR count). The monoisotopic (exact) mass is 402 g/mol. The fourth-order valence-corrected chi connectivity index (χ4v) is 10.2. The van der Waals surface area contributed by atoms with Crippen molar-refractivity contribution in [1.29, 1.82) is 0 Å². The van der Waals surface area contributed by atoms with Crippen LogP contribution in [0.3, 0.4) is 0 Å². The fraction of sp³-hybridized carbons (Fsp3) is 0.125. The van der Waals surface area contributed by atoms with Crippen molar-refractivity contribution in [3.05, 3.63) is 72.8 Å². The third-order valence-corrected chi connectivity index (χ3v) is 11.1. The summed E-state index contributed by atoms with van der Waals surface area (Å²) in [5.41, 5.74) is 0. The van der Waals surface area contributed by atoms with E-state index in [-0.39, 0.29) is 12.4 Å². The fourth-order valence-electron chi connectivity index (χ4n) is 4.97. The Balaban J connectivity index is 1.73. The Morgan fingerprint density at radius 3 is 1.76 bits per heavy atom. The number of carbonyl (C=O) groups is 1. The minimum absolute atomic E-state index is 0.225. The van der Waals surface area contributed by atoms with E-state index < -0.39 is 7.06 Å². The first kappa shape index (κ1) is 16.8. The van der Waals surface area contributed by atoms with Gasteiger partial charge in [-0.1, -0.05) is 0 Å². The van der Waals surface area contributed by atoms with Crippen LogP contribution in [0.4, 0.5) is 0 Å². The topological polar surface area (TPSA) is 44.8 Å². The molecule has 5 heteroatoms. The molecule has 4 aromatic rings. The molecule has 4 nitrogen and oxygen atoms in total. The van der Waals surface area contributed by atoms with Crippen molar-refractivity contribution in [2.75, 3.05) is 13.3 Å². The van der Waals surface area contributed by atoms with E-state index in [0.717, 1.165) is 43.7 Å². The average Bonchev–Trinajstić information content (AvgIpc) is 3.21. The van der Waals surface area contributed by atoms with Gasteiger partial charge in [-0.3, -0.25) is 0 Å². The Kier molecular flexibility index (Phi) is 3.18. The van der Waals surface area contributed by atoms with Gasteiger partial charge in [-0.25, -0.2) is 0 Å². The van der Waals surface area contributed by atoms with Gasteiger partial charge in [0, 0.05) is 0 Å². The number of ether oxygens (including phenoxy) is 1. The third-order valence-electron chi connectivity index (χ3n) is 6.20. The normalized spacial score (nSPS) is 18.2. The summed E-state index contributed by atoms with van der Waals surface area (Å²) in [4.78, 5) is 12.2. The molecule has 0 unspecified atom stereocenters. The number of hydrogen-bond donors (Lipinski definition) is 0. The van der Waals surface area contributed by atoms with Crippen LogP contribution in [0, 0.1) is 0 Å². The first-order valence-corrected chi connectivity index (χ1v) is 11.9. The maximum atomic E-state index is 12.2. The predicted octanol–water partition coefficient (Wildman–Crippen LogP) is 4.68. The average molecular weight is 402 g/mol. The van der Waals surface area contributed by atoms with E-state index in [9.17, 15) is 4.79 Å². The molecule has 0 N–H and O–H groups in total. The molecule has 0 saturated carbocycles. The standard InChI is InChI=1S/C24H19O4P/c1-26-22(25)14-15-29(20-12-4-8-16-6-2-10-18(27-29)23(16)20)21-13-5-9-17-7-3-11-19(28-29)24(17)21/h2-13H,14-15H2,1H3. The zero-order valence-corrected chi connectivity index (χ0v) is 16.8. The number of benzene rings is 4. The van der Waals surface area contributed by atoms with Crippen molar-refractivity contribution in [2.24, 2.45) is 0 Å². The Morgan fingerprint density at radius 1 is 0.793 bits per heavy atom. The summed E-state index contributed by atoms with van der Waals surface area (Å²) in [6, 6.07) is 24.7. The second kappa shape index (κ2) is 5.49. The van der Waals surface area contributed by atoms with Crippen LogP contribution in [-0.2, 0) is 9.53 Å². The van der Waals surface area contributed by atoms with Gasteiger partial charge in [0.25, 0.3) is 0 Å². The summed E-state index contributed by atoms with van der Waals surface area (Å²) < 4.78 is 18.8. The summed E-state index contributed by atoms with van der Waals surface area (Å²) in [5.74, 6) is 1.39. The van der Waals surface area contributed by atoms with E-state index in [1.165, 1.54) is 7.11 Å². The molecular formula is C24H19O4P. The molecule has 0 atom stereocenters. The van der Waals surface area contributed by atoms with E-state index in [1.54, 1.807) is 0 Å². The van der Waals surface area contributed by atoms with E-state index in [1.807, 2.05) is 24.3 Å². The number of rotatable bonds is 3. The molecule has 2 aliphatic heterocycles. The number of methoxy groups -OCH3 is 1. The molecule has 4 aromatic carbocycles. The van der Waals surface area contributed by atoms with Crippen LogP contribution >= 0.6 is 7.06 Å². The predicted molar refractivity (Wildman–Crippen MR) is 117 cm³/mol. The Bertz CT molecular complexity index is 1240. The van der Waals surface area contributed by atoms with Crippen LogP contribution in [0.15, 0.2) is 72.8 Å². The molecule has 0 aromatic heterocycles. The first-order valence-electron chi connectivity index (χ1n) is 9.68. The van der Waals surface area contributed by atoms with Gasteiger partial charge in [-0.2, -0.15) is 0 Å². The van der Waals surface area contributed by atoms with E-state index in [4.69, 9.17) is 13.8 Å². The second-order valence-electron chi connectivity index (χ2n) is 7.62. The second-order valence-corrected chi connectivity index (χ2v) is 11.6. The van der Waals surface area contributed by atoms with Crippen LogP contribution < -0.4 is 19.7 Å². The van der Waals surface area contributed by atoms with Crippen molar-refractivity contribution < 1.29 is 18.6 Å². The van der Waals surface area contributed by atoms with Gasteiger partial charge >= 0.3 is 168 Å². The Morgan fingerprint density at radius 2 is 1.28 bits per heavy atom. The van der Waals surface area contributed by atoms with Crippen molar-refractivity contribution in [3.63, 3.8) is 0 Å². The number of carbonyl (C=O) groups excluding carboxylic acids is 1. The van der Waals surface area contributed by atoms with Gasteiger partial charge in [-0.05, 0) is 0 Å². The molecule has 0 radical (unpaired) electrons. The molecule has 1 spiro atoms. The van der Waals surface area contributed by atoms with Gasteiger partial charge < -0.3 is 0 Å². The van der Waals surface area contributed by atoms with E-state index in [0.29, 0.717) is 6.16 Å². The van der Waals surface area contributed by atoms with Crippen LogP contribution in [0.1, 0.15) is 6.42 Å². The van der Waals surface area contributed by atoms with E-state index >= 15 is 0 Å². The molecule has 0 amide bonds. The summed E-state index contributed by atoms with van der Waals surface area (Å²) in [5, 5.41) is 6.54. The Hall–Kier alpha value is -3.10. The van der Waals surface area contributed by atoms with Crippen molar-refractivity contribution in [1.82, 2.24) is 0 Å². The third kappa shape index (κ3) is 1.95. The number of hydrogen-bond acceptors (Lipinski definition) is 4. The summed E-state index contributed by atoms with van der Waals surface area (Å²) >= 11 is 0. The molecule has 0 saturated heterocycles.